The smallest absolute Gasteiger partial charge is 0.324 e. The number of nitrogens with zero attached hydrogens (tertiary/aromatic N) is 5. The van der Waals surface area contributed by atoms with Crippen molar-refractivity contribution in [2.75, 3.05) is 5.32 Å². The Morgan fingerprint density at radius 1 is 1.03 bits per heavy atom. The minimum atomic E-state index is -4.68. The van der Waals surface area contributed by atoms with Gasteiger partial charge in [0.25, 0.3) is 0 Å². The van der Waals surface area contributed by atoms with E-state index in [2.05, 4.69) is 15.5 Å². The number of alkyl halides is 3. The molecule has 3 aromatic heterocycles. The average molecular weight is 487 g/mol. The SMILES string of the molecule is O=C(Cn1nc2c3cc(-c4ccccc4)nn3ccn2c1=O)Nc1ccc(Cl)c(C(F)(F)F)c1. The summed E-state index contributed by atoms with van der Waals surface area (Å²) in [6.07, 6.45) is -1.61. The first-order chi connectivity index (χ1) is 16.2. The van der Waals surface area contributed by atoms with Gasteiger partial charge >= 0.3 is 11.9 Å². The number of anilines is 1. The van der Waals surface area contributed by atoms with E-state index in [1.807, 2.05) is 30.3 Å². The zero-order valence-electron chi connectivity index (χ0n) is 17.1. The van der Waals surface area contributed by atoms with Crippen LogP contribution in [0.15, 0.2) is 71.8 Å². The zero-order valence-corrected chi connectivity index (χ0v) is 17.9. The van der Waals surface area contributed by atoms with Crippen LogP contribution in [0.1, 0.15) is 5.56 Å². The number of nitrogens with one attached hydrogen (secondary N) is 1. The van der Waals surface area contributed by atoms with Crippen LogP contribution < -0.4 is 11.0 Å². The Kier molecular flexibility index (Phi) is 5.13. The third-order valence-electron chi connectivity index (χ3n) is 5.11. The van der Waals surface area contributed by atoms with Crippen LogP contribution in [0.2, 0.25) is 5.02 Å². The maximum Gasteiger partial charge on any atom is 0.417 e. The van der Waals surface area contributed by atoms with Crippen LogP contribution in [0.5, 0.6) is 0 Å². The Hall–Kier alpha value is -4.12. The van der Waals surface area contributed by atoms with E-state index in [1.54, 1.807) is 16.8 Å². The molecule has 0 aliphatic rings. The molecule has 5 aromatic rings. The van der Waals surface area contributed by atoms with E-state index < -0.39 is 34.9 Å². The minimum absolute atomic E-state index is 0.107. The predicted molar refractivity (Wildman–Crippen MR) is 119 cm³/mol. The van der Waals surface area contributed by atoms with Crippen molar-refractivity contribution < 1.29 is 18.0 Å². The van der Waals surface area contributed by atoms with Crippen molar-refractivity contribution in [3.63, 3.8) is 0 Å². The van der Waals surface area contributed by atoms with E-state index in [0.717, 1.165) is 22.4 Å². The van der Waals surface area contributed by atoms with E-state index in [0.29, 0.717) is 11.2 Å². The summed E-state index contributed by atoms with van der Waals surface area (Å²) in [5.74, 6) is -0.726. The monoisotopic (exact) mass is 486 g/mol. The Balaban J connectivity index is 1.45. The standard InChI is InChI=1S/C22H14ClF3N6O2/c23-16-7-6-14(10-15(16)22(24,25)26)27-19(33)12-32-21(34)30-8-9-31-18(20(30)29-32)11-17(28-31)13-4-2-1-3-5-13/h1-11H,12H2,(H,27,33). The van der Waals surface area contributed by atoms with Crippen LogP contribution in [0.3, 0.4) is 0 Å². The Bertz CT molecular complexity index is 1600. The average Bonchev–Trinajstić information content (AvgIpc) is 3.36. The van der Waals surface area contributed by atoms with Crippen molar-refractivity contribution in [1.29, 1.82) is 0 Å². The summed E-state index contributed by atoms with van der Waals surface area (Å²) >= 11 is 5.60. The van der Waals surface area contributed by atoms with E-state index in [9.17, 15) is 22.8 Å². The number of halogens is 4. The van der Waals surface area contributed by atoms with Crippen molar-refractivity contribution in [2.24, 2.45) is 0 Å². The van der Waals surface area contributed by atoms with Crippen LogP contribution in [-0.2, 0) is 17.5 Å². The van der Waals surface area contributed by atoms with Crippen LogP contribution in [-0.4, -0.2) is 29.7 Å². The molecule has 0 unspecified atom stereocenters. The first-order valence-electron chi connectivity index (χ1n) is 9.90. The maximum absolute atomic E-state index is 13.1. The van der Waals surface area contributed by atoms with Gasteiger partial charge < -0.3 is 5.32 Å². The summed E-state index contributed by atoms with van der Waals surface area (Å²) in [5.41, 5.74) is 0.620. The molecule has 3 heterocycles. The largest absolute Gasteiger partial charge is 0.417 e. The summed E-state index contributed by atoms with van der Waals surface area (Å²) in [5, 5.41) is 10.6. The van der Waals surface area contributed by atoms with E-state index in [-0.39, 0.29) is 11.3 Å². The number of carbonyl (C=O) groups is 1. The first kappa shape index (κ1) is 21.7. The lowest BCUT2D eigenvalue weighted by atomic mass is 10.1. The molecule has 0 aliphatic heterocycles. The molecule has 0 spiro atoms. The molecule has 8 nitrogen and oxygen atoms in total. The van der Waals surface area contributed by atoms with Crippen LogP contribution in [0.4, 0.5) is 18.9 Å². The topological polar surface area (TPSA) is 85.7 Å². The second kappa shape index (κ2) is 8.03. The summed E-state index contributed by atoms with van der Waals surface area (Å²) in [7, 11) is 0. The van der Waals surface area contributed by atoms with Crippen molar-refractivity contribution in [3.8, 4) is 11.3 Å². The predicted octanol–water partition coefficient (Wildman–Crippen LogP) is 4.12. The Morgan fingerprint density at radius 3 is 2.53 bits per heavy atom. The van der Waals surface area contributed by atoms with Crippen LogP contribution in [0.25, 0.3) is 22.4 Å². The van der Waals surface area contributed by atoms with Gasteiger partial charge in [-0.3, -0.25) is 4.79 Å². The molecule has 0 saturated heterocycles. The zero-order chi connectivity index (χ0) is 24.0. The number of hydrogen-bond acceptors (Lipinski definition) is 4. The molecule has 0 aliphatic carbocycles. The summed E-state index contributed by atoms with van der Waals surface area (Å²) in [6, 6.07) is 14.2. The number of carbonyl (C=O) groups excluding carboxylic acids is 1. The van der Waals surface area contributed by atoms with Gasteiger partial charge in [0.05, 0.1) is 16.3 Å². The van der Waals surface area contributed by atoms with Gasteiger partial charge in [0.1, 0.15) is 12.1 Å². The van der Waals surface area contributed by atoms with Gasteiger partial charge in [-0.15, -0.1) is 5.10 Å². The number of amides is 1. The minimum Gasteiger partial charge on any atom is -0.324 e. The molecule has 12 heteroatoms. The maximum atomic E-state index is 13.1. The fourth-order valence-electron chi connectivity index (χ4n) is 3.54. The fourth-order valence-corrected chi connectivity index (χ4v) is 3.77. The van der Waals surface area contributed by atoms with Crippen molar-refractivity contribution in [3.05, 3.63) is 88.1 Å². The second-order valence-corrected chi connectivity index (χ2v) is 7.81. The second-order valence-electron chi connectivity index (χ2n) is 7.40. The van der Waals surface area contributed by atoms with E-state index >= 15 is 0 Å². The Labute approximate surface area is 193 Å². The fraction of sp³-hybridized carbons (Fsp3) is 0.0909. The summed E-state index contributed by atoms with van der Waals surface area (Å²) in [4.78, 5) is 25.2. The van der Waals surface area contributed by atoms with Gasteiger partial charge in [-0.25, -0.2) is 18.4 Å². The van der Waals surface area contributed by atoms with Crippen molar-refractivity contribution in [2.45, 2.75) is 12.7 Å². The normalized spacial score (nSPS) is 11.9. The third-order valence-corrected chi connectivity index (χ3v) is 5.44. The van der Waals surface area contributed by atoms with Gasteiger partial charge in [0.2, 0.25) is 5.91 Å². The highest BCUT2D eigenvalue weighted by molar-refractivity contribution is 6.31. The number of hydrogen-bond donors (Lipinski definition) is 1. The van der Waals surface area contributed by atoms with E-state index in [1.165, 1.54) is 16.7 Å². The molecule has 172 valence electrons. The van der Waals surface area contributed by atoms with E-state index in [4.69, 9.17) is 11.6 Å². The molecule has 0 fully saturated rings. The lowest BCUT2D eigenvalue weighted by molar-refractivity contribution is -0.137. The van der Waals surface area contributed by atoms with Gasteiger partial charge in [0.15, 0.2) is 5.65 Å². The highest BCUT2D eigenvalue weighted by Gasteiger charge is 2.33. The molecule has 1 amide bonds. The van der Waals surface area contributed by atoms with Gasteiger partial charge in [-0.1, -0.05) is 41.9 Å². The quantitative estimate of drug-likeness (QED) is 0.414. The first-order valence-corrected chi connectivity index (χ1v) is 10.3. The molecule has 0 bridgehead atoms. The molecule has 0 saturated carbocycles. The molecular weight excluding hydrogens is 473 g/mol. The number of aromatic nitrogens is 5. The number of fused-ring (bicyclic) bond motifs is 3. The molecule has 0 radical (unpaired) electrons. The van der Waals surface area contributed by atoms with Gasteiger partial charge in [0, 0.05) is 23.6 Å². The molecule has 0 atom stereocenters. The molecule has 2 aromatic carbocycles. The Morgan fingerprint density at radius 2 is 1.79 bits per heavy atom. The number of benzene rings is 2. The summed E-state index contributed by atoms with van der Waals surface area (Å²) in [6.45, 7) is -0.504. The van der Waals surface area contributed by atoms with Crippen molar-refractivity contribution in [1.82, 2.24) is 23.8 Å². The van der Waals surface area contributed by atoms with Crippen molar-refractivity contribution >= 4 is 34.4 Å². The summed E-state index contributed by atoms with van der Waals surface area (Å²) < 4.78 is 42.9. The van der Waals surface area contributed by atoms with Gasteiger partial charge in [-0.05, 0) is 24.3 Å². The van der Waals surface area contributed by atoms with Crippen LogP contribution >= 0.6 is 11.6 Å². The molecule has 5 rings (SSSR count). The van der Waals surface area contributed by atoms with Crippen LogP contribution in [0, 0.1) is 0 Å². The third kappa shape index (κ3) is 3.90. The lowest BCUT2D eigenvalue weighted by Gasteiger charge is -2.11. The highest BCUT2D eigenvalue weighted by Crippen LogP contribution is 2.36. The molecule has 1 N–H and O–H groups in total. The highest BCUT2D eigenvalue weighted by atomic mass is 35.5. The molecular formula is C22H14ClF3N6O2. The number of rotatable bonds is 4. The van der Waals surface area contributed by atoms with Gasteiger partial charge in [-0.2, -0.15) is 18.3 Å². The molecule has 34 heavy (non-hydrogen) atoms. The lowest BCUT2D eigenvalue weighted by Crippen LogP contribution is -2.28.